The van der Waals surface area contributed by atoms with Crippen molar-refractivity contribution in [2.75, 3.05) is 17.7 Å². The summed E-state index contributed by atoms with van der Waals surface area (Å²) in [5.41, 5.74) is 2.33. The number of amides is 1. The average Bonchev–Trinajstić information content (AvgIpc) is 2.56. The number of nitrogens with one attached hydrogen (secondary N) is 2. The van der Waals surface area contributed by atoms with Crippen LogP contribution in [0.5, 0.6) is 0 Å². The molecule has 0 aliphatic carbocycles. The molecule has 6 heteroatoms. The van der Waals surface area contributed by atoms with Gasteiger partial charge in [-0.25, -0.2) is 9.97 Å². The summed E-state index contributed by atoms with van der Waals surface area (Å²) in [7, 11) is 1.65. The Morgan fingerprint density at radius 2 is 1.76 bits per heavy atom. The second-order valence-electron chi connectivity index (χ2n) is 6.86. The van der Waals surface area contributed by atoms with E-state index < -0.39 is 0 Å². The molecule has 0 atom stereocenters. The van der Waals surface area contributed by atoms with Crippen LogP contribution < -0.4 is 10.6 Å². The van der Waals surface area contributed by atoms with Crippen molar-refractivity contribution in [3.8, 4) is 0 Å². The Balaban J connectivity index is 2.21. The molecule has 6 nitrogen and oxygen atoms in total. The minimum atomic E-state index is -0.158. The highest BCUT2D eigenvalue weighted by molar-refractivity contribution is 5.90. The van der Waals surface area contributed by atoms with Gasteiger partial charge in [-0.15, -0.1) is 0 Å². The maximum absolute atomic E-state index is 11.4. The average molecular weight is 342 g/mol. The van der Waals surface area contributed by atoms with Gasteiger partial charge in [-0.1, -0.05) is 27.7 Å². The fraction of sp³-hybridized carbons (Fsp3) is 0.421. The number of carbonyl (C=O) groups is 1. The minimum Gasteiger partial charge on any atom is -0.378 e. The third-order valence-corrected chi connectivity index (χ3v) is 3.50. The number of hydrogen-bond acceptors (Lipinski definition) is 5. The van der Waals surface area contributed by atoms with E-state index in [1.54, 1.807) is 7.11 Å². The normalized spacial score (nSPS) is 11.2. The Kier molecular flexibility index (Phi) is 6.09. The standard InChI is InChI=1S/C19H26N4O2/c1-6-17(24)21-14-9-7-13(8-10-14)20-16-11-15(12-25-5)22-18(23-16)19(2,3)4/h7-11H,6,12H2,1-5H3,(H,21,24)(H,20,22,23). The van der Waals surface area contributed by atoms with Crippen LogP contribution in [0.25, 0.3) is 0 Å². The van der Waals surface area contributed by atoms with E-state index in [1.165, 1.54) is 0 Å². The van der Waals surface area contributed by atoms with Crippen LogP contribution >= 0.6 is 0 Å². The lowest BCUT2D eigenvalue weighted by Gasteiger charge is -2.19. The summed E-state index contributed by atoms with van der Waals surface area (Å²) in [6.45, 7) is 8.49. The lowest BCUT2D eigenvalue weighted by molar-refractivity contribution is -0.115. The number of hydrogen-bond donors (Lipinski definition) is 2. The van der Waals surface area contributed by atoms with E-state index >= 15 is 0 Å². The molecule has 0 spiro atoms. The van der Waals surface area contributed by atoms with Gasteiger partial charge >= 0.3 is 0 Å². The molecule has 134 valence electrons. The zero-order chi connectivity index (χ0) is 18.4. The largest absolute Gasteiger partial charge is 0.378 e. The third-order valence-electron chi connectivity index (χ3n) is 3.50. The molecular formula is C19H26N4O2. The Hall–Kier alpha value is -2.47. The van der Waals surface area contributed by atoms with Gasteiger partial charge in [0, 0.05) is 36.4 Å². The monoisotopic (exact) mass is 342 g/mol. The first-order valence-electron chi connectivity index (χ1n) is 8.36. The van der Waals surface area contributed by atoms with Crippen molar-refractivity contribution in [2.45, 2.75) is 46.1 Å². The van der Waals surface area contributed by atoms with Crippen LogP contribution in [0, 0.1) is 0 Å². The predicted molar refractivity (Wildman–Crippen MR) is 100 cm³/mol. The molecule has 0 radical (unpaired) electrons. The second kappa shape index (κ2) is 8.07. The van der Waals surface area contributed by atoms with E-state index in [9.17, 15) is 4.79 Å². The molecule has 0 bridgehead atoms. The van der Waals surface area contributed by atoms with Crippen LogP contribution in [0.3, 0.4) is 0 Å². The summed E-state index contributed by atoms with van der Waals surface area (Å²) in [6.07, 6.45) is 0.457. The van der Waals surface area contributed by atoms with Gasteiger partial charge in [0.1, 0.15) is 11.6 Å². The second-order valence-corrected chi connectivity index (χ2v) is 6.86. The highest BCUT2D eigenvalue weighted by atomic mass is 16.5. The quantitative estimate of drug-likeness (QED) is 0.829. The molecule has 2 aromatic rings. The number of aromatic nitrogens is 2. The molecule has 25 heavy (non-hydrogen) atoms. The van der Waals surface area contributed by atoms with Crippen LogP contribution in [0.1, 0.15) is 45.6 Å². The van der Waals surface area contributed by atoms with E-state index in [4.69, 9.17) is 4.74 Å². The molecule has 0 saturated heterocycles. The molecule has 0 unspecified atom stereocenters. The predicted octanol–water partition coefficient (Wildman–Crippen LogP) is 4.01. The van der Waals surface area contributed by atoms with Gasteiger partial charge in [0.05, 0.1) is 12.3 Å². The molecule has 0 saturated carbocycles. The van der Waals surface area contributed by atoms with Gasteiger partial charge < -0.3 is 15.4 Å². The van der Waals surface area contributed by atoms with Crippen LogP contribution in [0.4, 0.5) is 17.2 Å². The number of benzene rings is 1. The summed E-state index contributed by atoms with van der Waals surface area (Å²) in [5, 5.41) is 6.12. The van der Waals surface area contributed by atoms with Crippen molar-refractivity contribution in [3.05, 3.63) is 41.9 Å². The van der Waals surface area contributed by atoms with Crippen molar-refractivity contribution in [1.82, 2.24) is 9.97 Å². The molecule has 1 aromatic carbocycles. The Bertz CT molecular complexity index is 721. The summed E-state index contributed by atoms with van der Waals surface area (Å²) in [4.78, 5) is 20.6. The van der Waals surface area contributed by atoms with Crippen molar-refractivity contribution in [3.63, 3.8) is 0 Å². The van der Waals surface area contributed by atoms with Crippen molar-refractivity contribution in [1.29, 1.82) is 0 Å². The van der Waals surface area contributed by atoms with Crippen molar-refractivity contribution < 1.29 is 9.53 Å². The molecular weight excluding hydrogens is 316 g/mol. The van der Waals surface area contributed by atoms with Gasteiger partial charge in [0.25, 0.3) is 0 Å². The number of nitrogens with zero attached hydrogens (tertiary/aromatic N) is 2. The van der Waals surface area contributed by atoms with Gasteiger partial charge in [-0.2, -0.15) is 0 Å². The van der Waals surface area contributed by atoms with Gasteiger partial charge in [0.15, 0.2) is 0 Å². The summed E-state index contributed by atoms with van der Waals surface area (Å²) >= 11 is 0. The fourth-order valence-electron chi connectivity index (χ4n) is 2.15. The van der Waals surface area contributed by atoms with Gasteiger partial charge in [-0.05, 0) is 24.3 Å². The molecule has 2 N–H and O–H groups in total. The maximum Gasteiger partial charge on any atom is 0.224 e. The minimum absolute atomic E-state index is 0.00413. The molecule has 2 rings (SSSR count). The highest BCUT2D eigenvalue weighted by Crippen LogP contribution is 2.23. The van der Waals surface area contributed by atoms with E-state index in [1.807, 2.05) is 37.3 Å². The van der Waals surface area contributed by atoms with Crippen molar-refractivity contribution >= 4 is 23.1 Å². The first-order chi connectivity index (χ1) is 11.8. The first kappa shape index (κ1) is 18.9. The van der Waals surface area contributed by atoms with E-state index in [-0.39, 0.29) is 11.3 Å². The number of anilines is 3. The number of carbonyl (C=O) groups excluding carboxylic acids is 1. The third kappa shape index (κ3) is 5.53. The smallest absolute Gasteiger partial charge is 0.224 e. The highest BCUT2D eigenvalue weighted by Gasteiger charge is 2.19. The van der Waals surface area contributed by atoms with Gasteiger partial charge in [-0.3, -0.25) is 4.79 Å². The van der Waals surface area contributed by atoms with Gasteiger partial charge in [0.2, 0.25) is 5.91 Å². The summed E-state index contributed by atoms with van der Waals surface area (Å²) < 4.78 is 5.21. The SMILES string of the molecule is CCC(=O)Nc1ccc(Nc2cc(COC)nc(C(C)(C)C)n2)cc1. The van der Waals surface area contributed by atoms with E-state index in [0.717, 1.165) is 28.7 Å². The molecule has 0 aliphatic rings. The number of ether oxygens (including phenoxy) is 1. The van der Waals surface area contributed by atoms with Crippen molar-refractivity contribution in [2.24, 2.45) is 0 Å². The molecule has 0 aliphatic heterocycles. The van der Waals surface area contributed by atoms with Crippen LogP contribution in [0.2, 0.25) is 0 Å². The zero-order valence-corrected chi connectivity index (χ0v) is 15.5. The number of rotatable bonds is 6. The molecule has 1 aromatic heterocycles. The molecule has 1 amide bonds. The van der Waals surface area contributed by atoms with Crippen LogP contribution in [-0.2, 0) is 21.6 Å². The van der Waals surface area contributed by atoms with E-state index in [0.29, 0.717) is 13.0 Å². The summed E-state index contributed by atoms with van der Waals surface area (Å²) in [5.74, 6) is 1.48. The number of methoxy groups -OCH3 is 1. The zero-order valence-electron chi connectivity index (χ0n) is 15.5. The topological polar surface area (TPSA) is 76.1 Å². The molecule has 0 fully saturated rings. The lowest BCUT2D eigenvalue weighted by atomic mass is 9.95. The molecule has 1 heterocycles. The Labute approximate surface area is 149 Å². The fourth-order valence-corrected chi connectivity index (χ4v) is 2.15. The summed E-state index contributed by atoms with van der Waals surface area (Å²) in [6, 6.07) is 9.40. The van der Waals surface area contributed by atoms with E-state index in [2.05, 4.69) is 41.4 Å². The maximum atomic E-state index is 11.4. The first-order valence-corrected chi connectivity index (χ1v) is 8.36. The Morgan fingerprint density at radius 1 is 1.12 bits per heavy atom. The Morgan fingerprint density at radius 3 is 2.32 bits per heavy atom. The lowest BCUT2D eigenvalue weighted by Crippen LogP contribution is -2.18. The van der Waals surface area contributed by atoms with Crippen LogP contribution in [-0.4, -0.2) is 23.0 Å². The van der Waals surface area contributed by atoms with Crippen LogP contribution in [0.15, 0.2) is 30.3 Å².